The zero-order chi connectivity index (χ0) is 16.7. The zero-order valence-corrected chi connectivity index (χ0v) is 15.0. The van der Waals surface area contributed by atoms with Crippen molar-refractivity contribution in [3.05, 3.63) is 40.5 Å². The minimum Gasteiger partial charge on any atom is -0.383 e. The van der Waals surface area contributed by atoms with Crippen molar-refractivity contribution in [1.82, 2.24) is 4.98 Å². The lowest BCUT2D eigenvalue weighted by Crippen LogP contribution is -2.05. The fourth-order valence-electron chi connectivity index (χ4n) is 2.10. The number of carbonyl (C=O) groups is 1. The Morgan fingerprint density at radius 1 is 1.35 bits per heavy atom. The molecule has 3 N–H and O–H groups in total. The predicted octanol–water partition coefficient (Wildman–Crippen LogP) is 5.28. The van der Waals surface area contributed by atoms with Gasteiger partial charge in [0.2, 0.25) is 5.91 Å². The van der Waals surface area contributed by atoms with E-state index in [0.717, 1.165) is 33.3 Å². The van der Waals surface area contributed by atoms with E-state index < -0.39 is 0 Å². The second kappa shape index (κ2) is 10.0. The fraction of sp³-hybridized carbons (Fsp3) is 0.333. The van der Waals surface area contributed by atoms with Gasteiger partial charge in [-0.25, -0.2) is 4.98 Å². The van der Waals surface area contributed by atoms with Gasteiger partial charge in [0, 0.05) is 24.4 Å². The second-order valence-corrected chi connectivity index (χ2v) is 5.26. The first-order valence-corrected chi connectivity index (χ1v) is 8.13. The summed E-state index contributed by atoms with van der Waals surface area (Å²) in [5.41, 5.74) is 9.72. The highest BCUT2D eigenvalue weighted by Crippen LogP contribution is 2.33. The summed E-state index contributed by atoms with van der Waals surface area (Å²) in [7, 11) is 0. The summed E-state index contributed by atoms with van der Waals surface area (Å²) in [5.74, 6) is 0.401. The van der Waals surface area contributed by atoms with Crippen molar-refractivity contribution < 1.29 is 4.79 Å². The van der Waals surface area contributed by atoms with Crippen molar-refractivity contribution in [2.75, 3.05) is 11.1 Å². The van der Waals surface area contributed by atoms with Crippen LogP contribution in [0.3, 0.4) is 0 Å². The molecule has 126 valence electrons. The molecule has 0 radical (unpaired) electrons. The van der Waals surface area contributed by atoms with E-state index in [1.165, 1.54) is 6.92 Å². The highest BCUT2D eigenvalue weighted by atomic mass is 79.9. The number of hydrogen-bond donors (Lipinski definition) is 2. The summed E-state index contributed by atoms with van der Waals surface area (Å²) in [6.45, 7) is 7.56. The molecule has 0 bridgehead atoms. The van der Waals surface area contributed by atoms with Crippen molar-refractivity contribution >= 4 is 33.3 Å². The van der Waals surface area contributed by atoms with Crippen molar-refractivity contribution in [1.29, 1.82) is 0 Å². The quantitative estimate of drug-likeness (QED) is 0.762. The molecule has 0 fully saturated rings. The molecule has 0 saturated carbocycles. The Morgan fingerprint density at radius 2 is 2.00 bits per heavy atom. The van der Waals surface area contributed by atoms with Crippen LogP contribution in [0.4, 0.5) is 11.5 Å². The van der Waals surface area contributed by atoms with Gasteiger partial charge in [0.05, 0.1) is 4.47 Å². The number of pyridine rings is 1. The number of nitrogen functional groups attached to an aromatic ring is 1. The molecule has 5 heteroatoms. The number of carbonyl (C=O) groups excluding carboxylic acids is 1. The van der Waals surface area contributed by atoms with Crippen LogP contribution in [0.1, 0.15) is 40.7 Å². The van der Waals surface area contributed by atoms with Crippen LogP contribution in [0.25, 0.3) is 11.1 Å². The molecule has 4 nitrogen and oxygen atoms in total. The Kier molecular flexibility index (Phi) is 9.18. The molecule has 1 heterocycles. The van der Waals surface area contributed by atoms with Gasteiger partial charge in [-0.15, -0.1) is 0 Å². The summed E-state index contributed by atoms with van der Waals surface area (Å²) in [4.78, 5) is 15.3. The molecule has 0 aliphatic rings. The van der Waals surface area contributed by atoms with Crippen LogP contribution in [-0.2, 0) is 11.2 Å². The monoisotopic (exact) mass is 379 g/mol. The largest absolute Gasteiger partial charge is 0.383 e. The lowest BCUT2D eigenvalue weighted by atomic mass is 10.00. The lowest BCUT2D eigenvalue weighted by molar-refractivity contribution is -0.114. The zero-order valence-electron chi connectivity index (χ0n) is 13.4. The number of anilines is 2. The van der Waals surface area contributed by atoms with Crippen molar-refractivity contribution in [3.63, 3.8) is 0 Å². The van der Waals surface area contributed by atoms with Crippen molar-refractivity contribution in [2.45, 2.75) is 41.5 Å². The van der Waals surface area contributed by atoms with E-state index in [1.54, 1.807) is 6.20 Å². The molecule has 0 aliphatic heterocycles. The summed E-state index contributed by atoms with van der Waals surface area (Å²) in [6.07, 6.45) is 2.61. The van der Waals surface area contributed by atoms with Gasteiger partial charge in [-0.1, -0.05) is 40.3 Å². The lowest BCUT2D eigenvalue weighted by Gasteiger charge is -2.12. The minimum absolute atomic E-state index is 0. The molecule has 0 atom stereocenters. The average Bonchev–Trinajstić information content (AvgIpc) is 2.51. The maximum Gasteiger partial charge on any atom is 0.221 e. The van der Waals surface area contributed by atoms with E-state index >= 15 is 0 Å². The number of hydrogen-bond acceptors (Lipinski definition) is 3. The molecule has 1 amide bonds. The Morgan fingerprint density at radius 3 is 2.57 bits per heavy atom. The van der Waals surface area contributed by atoms with Gasteiger partial charge >= 0.3 is 0 Å². The Hall–Kier alpha value is -1.88. The van der Waals surface area contributed by atoms with Gasteiger partial charge in [-0.2, -0.15) is 0 Å². The maximum atomic E-state index is 11.1. The molecular weight excluding hydrogens is 354 g/mol. The van der Waals surface area contributed by atoms with E-state index in [1.807, 2.05) is 38.1 Å². The summed E-state index contributed by atoms with van der Waals surface area (Å²) < 4.78 is 0.836. The van der Waals surface area contributed by atoms with Crippen molar-refractivity contribution in [3.8, 4) is 11.1 Å². The van der Waals surface area contributed by atoms with Crippen LogP contribution in [0.15, 0.2) is 34.9 Å². The van der Waals surface area contributed by atoms with Crippen molar-refractivity contribution in [2.24, 2.45) is 0 Å². The van der Waals surface area contributed by atoms with Gasteiger partial charge in [-0.05, 0) is 45.6 Å². The van der Waals surface area contributed by atoms with E-state index in [-0.39, 0.29) is 13.3 Å². The summed E-state index contributed by atoms with van der Waals surface area (Å²) >= 11 is 3.49. The SMILES string of the molecule is C.CC.CCc1c(-c2cccc(NC(C)=O)c2)cnc(N)c1Br. The molecular formula is C18H26BrN3O. The number of nitrogens with zero attached hydrogens (tertiary/aromatic N) is 1. The van der Waals surface area contributed by atoms with Crippen LogP contribution in [0.5, 0.6) is 0 Å². The van der Waals surface area contributed by atoms with Crippen LogP contribution in [0, 0.1) is 0 Å². The third kappa shape index (κ3) is 5.36. The molecule has 0 unspecified atom stereocenters. The summed E-state index contributed by atoms with van der Waals surface area (Å²) in [5, 5.41) is 2.78. The number of rotatable bonds is 3. The Balaban J connectivity index is 0.00000155. The average molecular weight is 380 g/mol. The Labute approximate surface area is 147 Å². The first-order chi connectivity index (χ1) is 10.5. The number of nitrogens with one attached hydrogen (secondary N) is 1. The smallest absolute Gasteiger partial charge is 0.221 e. The maximum absolute atomic E-state index is 11.1. The molecule has 2 aromatic rings. The minimum atomic E-state index is -0.0884. The number of amides is 1. The van der Waals surface area contributed by atoms with Gasteiger partial charge in [0.25, 0.3) is 0 Å². The van der Waals surface area contributed by atoms with Crippen LogP contribution in [-0.4, -0.2) is 10.9 Å². The first kappa shape index (κ1) is 21.1. The molecule has 0 saturated heterocycles. The number of nitrogens with two attached hydrogens (primary N) is 1. The van der Waals surface area contributed by atoms with Gasteiger partial charge in [-0.3, -0.25) is 4.79 Å². The number of halogens is 1. The molecule has 1 aromatic heterocycles. The van der Waals surface area contributed by atoms with E-state index in [9.17, 15) is 4.79 Å². The second-order valence-electron chi connectivity index (χ2n) is 4.47. The third-order valence-electron chi connectivity index (χ3n) is 3.00. The number of aromatic nitrogens is 1. The highest BCUT2D eigenvalue weighted by Gasteiger charge is 2.11. The van der Waals surface area contributed by atoms with Gasteiger partial charge in [0.15, 0.2) is 0 Å². The molecule has 0 spiro atoms. The summed E-state index contributed by atoms with van der Waals surface area (Å²) in [6, 6.07) is 7.69. The molecule has 1 aromatic carbocycles. The normalized spacial score (nSPS) is 9.26. The van der Waals surface area contributed by atoms with Crippen LogP contribution < -0.4 is 11.1 Å². The first-order valence-electron chi connectivity index (χ1n) is 7.33. The van der Waals surface area contributed by atoms with Gasteiger partial charge < -0.3 is 11.1 Å². The molecule has 23 heavy (non-hydrogen) atoms. The topological polar surface area (TPSA) is 68.0 Å². The van der Waals surface area contributed by atoms with Crippen LogP contribution >= 0.6 is 15.9 Å². The fourth-order valence-corrected chi connectivity index (χ4v) is 2.70. The van der Waals surface area contributed by atoms with E-state index in [2.05, 4.69) is 33.2 Å². The van der Waals surface area contributed by atoms with Crippen LogP contribution in [0.2, 0.25) is 0 Å². The Bertz CT molecular complexity index is 657. The van der Waals surface area contributed by atoms with E-state index in [4.69, 9.17) is 5.73 Å². The highest BCUT2D eigenvalue weighted by molar-refractivity contribution is 9.10. The number of benzene rings is 1. The molecule has 2 rings (SSSR count). The van der Waals surface area contributed by atoms with Gasteiger partial charge in [0.1, 0.15) is 5.82 Å². The molecule has 0 aliphatic carbocycles. The third-order valence-corrected chi connectivity index (χ3v) is 3.88. The van der Waals surface area contributed by atoms with E-state index in [0.29, 0.717) is 5.82 Å². The predicted molar refractivity (Wildman–Crippen MR) is 104 cm³/mol. The standard InChI is InChI=1S/C15H16BrN3O.C2H6.CH4/c1-3-12-13(8-18-15(17)14(12)16)10-5-4-6-11(7-10)19-9(2)20;1-2;/h4-8H,3H2,1-2H3,(H2,17,18)(H,19,20);1-2H3;1H4.